The Morgan fingerprint density at radius 3 is 2.81 bits per heavy atom. The molecule has 0 aromatic heterocycles. The summed E-state index contributed by atoms with van der Waals surface area (Å²) in [5.74, 6) is 1.03. The predicted molar refractivity (Wildman–Crippen MR) is 68.2 cm³/mol. The maximum absolute atomic E-state index is 13.2. The molecule has 3 heteroatoms. The molecule has 2 N–H and O–H groups in total. The zero-order chi connectivity index (χ0) is 11.8. The van der Waals surface area contributed by atoms with Gasteiger partial charge in [0.1, 0.15) is 5.82 Å². The minimum Gasteiger partial charge on any atom is -0.323 e. The van der Waals surface area contributed by atoms with Gasteiger partial charge in [-0.1, -0.05) is 12.1 Å². The molecule has 2 atom stereocenters. The molecule has 2 unspecified atom stereocenters. The van der Waals surface area contributed by atoms with Crippen molar-refractivity contribution in [2.45, 2.75) is 37.5 Å². The quantitative estimate of drug-likeness (QED) is 0.855. The van der Waals surface area contributed by atoms with E-state index >= 15 is 0 Å². The van der Waals surface area contributed by atoms with Crippen LogP contribution < -0.4 is 5.73 Å². The summed E-state index contributed by atoms with van der Waals surface area (Å²) in [6.45, 7) is 4.00. The van der Waals surface area contributed by atoms with Crippen LogP contribution in [-0.2, 0) is 0 Å². The van der Waals surface area contributed by atoms with E-state index in [1.54, 1.807) is 6.92 Å². The van der Waals surface area contributed by atoms with Crippen molar-refractivity contribution in [2.24, 2.45) is 5.73 Å². The fourth-order valence-corrected chi connectivity index (χ4v) is 3.62. The van der Waals surface area contributed by atoms with E-state index in [4.69, 9.17) is 5.73 Å². The van der Waals surface area contributed by atoms with Gasteiger partial charge in [0.05, 0.1) is 0 Å². The molecule has 0 aliphatic carbocycles. The third kappa shape index (κ3) is 2.11. The predicted octanol–water partition coefficient (Wildman–Crippen LogP) is 3.42. The molecule has 1 nitrogen and oxygen atoms in total. The fraction of sp³-hybridized carbons (Fsp3) is 0.538. The summed E-state index contributed by atoms with van der Waals surface area (Å²) < 4.78 is 13.3. The van der Waals surface area contributed by atoms with Crippen molar-refractivity contribution in [3.63, 3.8) is 0 Å². The Kier molecular flexibility index (Phi) is 3.27. The van der Waals surface area contributed by atoms with Crippen LogP contribution in [-0.4, -0.2) is 10.5 Å². The van der Waals surface area contributed by atoms with E-state index in [0.717, 1.165) is 12.0 Å². The molecule has 1 aliphatic rings. The van der Waals surface area contributed by atoms with Crippen LogP contribution in [0.1, 0.15) is 36.9 Å². The normalized spacial score (nSPS) is 27.0. The van der Waals surface area contributed by atoms with Crippen molar-refractivity contribution in [1.29, 1.82) is 0 Å². The Bertz CT molecular complexity index is 386. The highest BCUT2D eigenvalue weighted by molar-refractivity contribution is 8.00. The number of aryl methyl sites for hydroxylation is 1. The second kappa shape index (κ2) is 4.38. The highest BCUT2D eigenvalue weighted by atomic mass is 32.2. The zero-order valence-electron chi connectivity index (χ0n) is 9.79. The van der Waals surface area contributed by atoms with Crippen LogP contribution in [0.2, 0.25) is 0 Å². The minimum atomic E-state index is -0.153. The third-order valence-electron chi connectivity index (χ3n) is 3.45. The van der Waals surface area contributed by atoms with Crippen LogP contribution in [0.3, 0.4) is 0 Å². The molecule has 1 aliphatic heterocycles. The van der Waals surface area contributed by atoms with Gasteiger partial charge in [0.15, 0.2) is 0 Å². The number of hydrogen-bond acceptors (Lipinski definition) is 2. The summed E-state index contributed by atoms with van der Waals surface area (Å²) in [6.07, 6.45) is 2.38. The molecule has 2 rings (SSSR count). The first-order valence-corrected chi connectivity index (χ1v) is 6.67. The van der Waals surface area contributed by atoms with Gasteiger partial charge < -0.3 is 5.73 Å². The lowest BCUT2D eigenvalue weighted by Gasteiger charge is -2.30. The van der Waals surface area contributed by atoms with Crippen LogP contribution in [0, 0.1) is 12.7 Å². The Balaban J connectivity index is 2.26. The van der Waals surface area contributed by atoms with Gasteiger partial charge in [-0.2, -0.15) is 11.8 Å². The van der Waals surface area contributed by atoms with Gasteiger partial charge in [0.2, 0.25) is 0 Å². The van der Waals surface area contributed by atoms with Crippen molar-refractivity contribution >= 4 is 11.8 Å². The summed E-state index contributed by atoms with van der Waals surface area (Å²) in [6, 6.07) is 5.22. The van der Waals surface area contributed by atoms with Crippen LogP contribution in [0.15, 0.2) is 18.2 Å². The van der Waals surface area contributed by atoms with E-state index in [1.165, 1.54) is 18.2 Å². The molecule has 1 fully saturated rings. The SMILES string of the molecule is Cc1cc(C(N)C2(C)CCCS2)ccc1F. The molecule has 1 aromatic rings. The number of halogens is 1. The first-order chi connectivity index (χ1) is 7.53. The highest BCUT2D eigenvalue weighted by Gasteiger charge is 2.36. The molecule has 0 bridgehead atoms. The van der Waals surface area contributed by atoms with E-state index in [2.05, 4.69) is 6.92 Å². The van der Waals surface area contributed by atoms with E-state index in [-0.39, 0.29) is 16.6 Å². The lowest BCUT2D eigenvalue weighted by Crippen LogP contribution is -2.33. The van der Waals surface area contributed by atoms with Crippen LogP contribution in [0.4, 0.5) is 4.39 Å². The van der Waals surface area contributed by atoms with Crippen molar-refractivity contribution in [1.82, 2.24) is 0 Å². The molecule has 0 radical (unpaired) electrons. The van der Waals surface area contributed by atoms with E-state index in [1.807, 2.05) is 23.9 Å². The molecule has 1 heterocycles. The largest absolute Gasteiger partial charge is 0.323 e. The first kappa shape index (κ1) is 11.9. The number of benzene rings is 1. The molecule has 0 amide bonds. The van der Waals surface area contributed by atoms with Crippen molar-refractivity contribution in [3.8, 4) is 0 Å². The Hall–Kier alpha value is -0.540. The van der Waals surface area contributed by atoms with Gasteiger partial charge in [0.25, 0.3) is 0 Å². The van der Waals surface area contributed by atoms with Crippen molar-refractivity contribution in [3.05, 3.63) is 35.1 Å². The zero-order valence-corrected chi connectivity index (χ0v) is 10.6. The van der Waals surface area contributed by atoms with E-state index in [9.17, 15) is 4.39 Å². The Morgan fingerprint density at radius 2 is 2.25 bits per heavy atom. The average molecular weight is 239 g/mol. The monoisotopic (exact) mass is 239 g/mol. The van der Waals surface area contributed by atoms with Gasteiger partial charge in [-0.15, -0.1) is 0 Å². The lowest BCUT2D eigenvalue weighted by molar-refractivity contribution is 0.500. The first-order valence-electron chi connectivity index (χ1n) is 5.68. The van der Waals surface area contributed by atoms with Gasteiger partial charge in [0, 0.05) is 10.8 Å². The van der Waals surface area contributed by atoms with Crippen molar-refractivity contribution < 1.29 is 4.39 Å². The number of thioether (sulfide) groups is 1. The molecule has 1 aromatic carbocycles. The second-order valence-corrected chi connectivity index (χ2v) is 6.38. The standard InChI is InChI=1S/C13H18FNS/c1-9-8-10(4-5-11(9)14)12(15)13(2)6-3-7-16-13/h4-5,8,12H,3,6-7,15H2,1-2H3. The Labute approximate surface area is 101 Å². The maximum atomic E-state index is 13.2. The molecular formula is C13H18FNS. The molecular weight excluding hydrogens is 221 g/mol. The second-order valence-electron chi connectivity index (χ2n) is 4.75. The van der Waals surface area contributed by atoms with Gasteiger partial charge in [-0.3, -0.25) is 0 Å². The third-order valence-corrected chi connectivity index (χ3v) is 5.06. The topological polar surface area (TPSA) is 26.0 Å². The van der Waals surface area contributed by atoms with Crippen molar-refractivity contribution in [2.75, 3.05) is 5.75 Å². The van der Waals surface area contributed by atoms with Crippen LogP contribution in [0.25, 0.3) is 0 Å². The maximum Gasteiger partial charge on any atom is 0.126 e. The molecule has 16 heavy (non-hydrogen) atoms. The van der Waals surface area contributed by atoms with Gasteiger partial charge in [-0.25, -0.2) is 4.39 Å². The minimum absolute atomic E-state index is 0.000648. The summed E-state index contributed by atoms with van der Waals surface area (Å²) in [5.41, 5.74) is 8.04. The highest BCUT2D eigenvalue weighted by Crippen LogP contribution is 2.45. The number of nitrogens with two attached hydrogens (primary N) is 1. The molecule has 1 saturated heterocycles. The van der Waals surface area contributed by atoms with E-state index < -0.39 is 0 Å². The Morgan fingerprint density at radius 1 is 1.50 bits per heavy atom. The van der Waals surface area contributed by atoms with Gasteiger partial charge >= 0.3 is 0 Å². The lowest BCUT2D eigenvalue weighted by atomic mass is 9.90. The number of rotatable bonds is 2. The molecule has 0 spiro atoms. The smallest absolute Gasteiger partial charge is 0.126 e. The fourth-order valence-electron chi connectivity index (χ4n) is 2.26. The van der Waals surface area contributed by atoms with Crippen LogP contribution in [0.5, 0.6) is 0 Å². The molecule has 0 saturated carbocycles. The number of hydrogen-bond donors (Lipinski definition) is 1. The van der Waals surface area contributed by atoms with Crippen LogP contribution >= 0.6 is 11.8 Å². The summed E-state index contributed by atoms with van der Waals surface area (Å²) in [4.78, 5) is 0. The summed E-state index contributed by atoms with van der Waals surface area (Å²) >= 11 is 1.94. The molecule has 88 valence electrons. The summed E-state index contributed by atoms with van der Waals surface area (Å²) in [5, 5.41) is 0. The van der Waals surface area contributed by atoms with E-state index in [0.29, 0.717) is 5.56 Å². The average Bonchev–Trinajstić information content (AvgIpc) is 2.70. The summed E-state index contributed by atoms with van der Waals surface area (Å²) in [7, 11) is 0. The van der Waals surface area contributed by atoms with Gasteiger partial charge in [-0.05, 0) is 49.6 Å².